The number of para-hydroxylation sites is 4. The van der Waals surface area contributed by atoms with E-state index in [2.05, 4.69) is 141 Å². The summed E-state index contributed by atoms with van der Waals surface area (Å²) in [5.41, 5.74) is 13.0. The SMILES string of the molecule is c1ccc(-c2nc(-c3ccccc3)nc(-c3cc(-c4nc(-c5ccccc5)nc(-c5ccccc5)n4)cc(-n4c5ccccc5c5c6c7ccccc7n(-c7ncc(-n8c9ccccc9c9ccccc98)cn7)c6ccc54)c3)n2)cc1. The van der Waals surface area contributed by atoms with Gasteiger partial charge in [0.05, 0.1) is 51.2 Å². The van der Waals surface area contributed by atoms with Gasteiger partial charge in [-0.05, 0) is 54.6 Å². The zero-order valence-electron chi connectivity index (χ0n) is 43.2. The molecule has 16 aromatic rings. The molecule has 0 fully saturated rings. The van der Waals surface area contributed by atoms with Gasteiger partial charge in [0.25, 0.3) is 0 Å². The highest BCUT2D eigenvalue weighted by molar-refractivity contribution is 6.29. The molecule has 10 aromatic carbocycles. The molecule has 0 N–H and O–H groups in total. The van der Waals surface area contributed by atoms with Crippen molar-refractivity contribution in [2.75, 3.05) is 0 Å². The predicted molar refractivity (Wildman–Crippen MR) is 324 cm³/mol. The first-order valence-corrected chi connectivity index (χ1v) is 26.8. The maximum atomic E-state index is 5.26. The van der Waals surface area contributed by atoms with E-state index in [1.54, 1.807) is 0 Å². The molecule has 0 aliphatic heterocycles. The molecule has 0 radical (unpaired) electrons. The van der Waals surface area contributed by atoms with Crippen LogP contribution in [-0.2, 0) is 0 Å². The van der Waals surface area contributed by atoms with Crippen molar-refractivity contribution in [3.8, 4) is 85.7 Å². The van der Waals surface area contributed by atoms with Crippen molar-refractivity contribution in [3.63, 3.8) is 0 Å². The van der Waals surface area contributed by atoms with E-state index in [1.807, 2.05) is 134 Å². The Bertz CT molecular complexity index is 4780. The van der Waals surface area contributed by atoms with Gasteiger partial charge in [-0.25, -0.2) is 39.9 Å². The average molecular weight is 1040 g/mol. The van der Waals surface area contributed by atoms with E-state index in [-0.39, 0.29) is 0 Å². The van der Waals surface area contributed by atoms with Crippen molar-refractivity contribution in [2.24, 2.45) is 0 Å². The first-order valence-electron chi connectivity index (χ1n) is 26.8. The fraction of sp³-hybridized carbons (Fsp3) is 0. The second kappa shape index (κ2) is 18.7. The van der Waals surface area contributed by atoms with Crippen LogP contribution in [0.5, 0.6) is 0 Å². The second-order valence-electron chi connectivity index (χ2n) is 20.0. The third kappa shape index (κ3) is 7.66. The molecule has 0 saturated heterocycles. The summed E-state index contributed by atoms with van der Waals surface area (Å²) in [7, 11) is 0. The molecule has 0 saturated carbocycles. The Morgan fingerprint density at radius 1 is 0.222 bits per heavy atom. The smallest absolute Gasteiger partial charge is 0.234 e. The first kappa shape index (κ1) is 45.9. The van der Waals surface area contributed by atoms with Crippen molar-refractivity contribution >= 4 is 65.4 Å². The highest BCUT2D eigenvalue weighted by Gasteiger charge is 2.24. The summed E-state index contributed by atoms with van der Waals surface area (Å²) >= 11 is 0. The highest BCUT2D eigenvalue weighted by Crippen LogP contribution is 2.43. The summed E-state index contributed by atoms with van der Waals surface area (Å²) < 4.78 is 6.78. The molecule has 0 aliphatic carbocycles. The van der Waals surface area contributed by atoms with Crippen LogP contribution in [0.1, 0.15) is 0 Å². The van der Waals surface area contributed by atoms with Crippen LogP contribution < -0.4 is 0 Å². The molecular weight excluding hydrogens is 995 g/mol. The van der Waals surface area contributed by atoms with Gasteiger partial charge in [-0.2, -0.15) is 0 Å². The molecular formula is C70H43N11. The standard InChI is InChI=1S/C70H43N11/c1-5-21-44(22-6-1)64-73-65(45-23-7-2-8-24-45)76-68(75-64)48-39-49(69-77-66(46-25-9-3-10-26-46)74-67(78-69)47-27-11-4-12-28-47)41-50(40-48)79-58-35-19-15-31-54(58)62-60(79)37-38-61-63(62)55-32-16-20-36-59(55)81(61)70-71-42-51(43-72-70)80-56-33-17-13-29-52(56)53-30-14-18-34-57(53)80/h1-43H. The Morgan fingerprint density at radius 3 is 0.914 bits per heavy atom. The molecule has 6 heterocycles. The molecule has 11 heteroatoms. The number of rotatable bonds is 9. The highest BCUT2D eigenvalue weighted by atomic mass is 15.2. The number of hydrogen-bond acceptors (Lipinski definition) is 8. The minimum atomic E-state index is 0.502. The third-order valence-corrected chi connectivity index (χ3v) is 15.2. The molecule has 0 aliphatic rings. The van der Waals surface area contributed by atoms with Crippen molar-refractivity contribution in [1.82, 2.24) is 53.6 Å². The summed E-state index contributed by atoms with van der Waals surface area (Å²) in [6.07, 6.45) is 3.88. The molecule has 16 rings (SSSR count). The largest absolute Gasteiger partial charge is 0.309 e. The third-order valence-electron chi connectivity index (χ3n) is 15.2. The van der Waals surface area contributed by atoms with E-state index in [0.29, 0.717) is 40.9 Å². The van der Waals surface area contributed by atoms with Gasteiger partial charge in [0, 0.05) is 71.4 Å². The van der Waals surface area contributed by atoms with E-state index in [4.69, 9.17) is 39.9 Å². The van der Waals surface area contributed by atoms with Gasteiger partial charge >= 0.3 is 0 Å². The Hall–Kier alpha value is -11.3. The molecule has 81 heavy (non-hydrogen) atoms. The topological polar surface area (TPSA) is 118 Å². The first-order chi connectivity index (χ1) is 40.2. The Labute approximate surface area is 463 Å². The Kier molecular flexibility index (Phi) is 10.6. The van der Waals surface area contributed by atoms with Crippen LogP contribution in [0.2, 0.25) is 0 Å². The maximum absolute atomic E-state index is 5.26. The molecule has 11 nitrogen and oxygen atoms in total. The fourth-order valence-electron chi connectivity index (χ4n) is 11.6. The van der Waals surface area contributed by atoms with Crippen molar-refractivity contribution in [2.45, 2.75) is 0 Å². The molecule has 0 unspecified atom stereocenters. The number of aromatic nitrogens is 11. The Balaban J connectivity index is 0.936. The quantitative estimate of drug-likeness (QED) is 0.140. The van der Waals surface area contributed by atoms with Crippen molar-refractivity contribution in [3.05, 3.63) is 261 Å². The lowest BCUT2D eigenvalue weighted by molar-refractivity contribution is 0.968. The minimum absolute atomic E-state index is 0.502. The van der Waals surface area contributed by atoms with Gasteiger partial charge < -0.3 is 9.13 Å². The van der Waals surface area contributed by atoms with Gasteiger partial charge in [-0.1, -0.05) is 194 Å². The van der Waals surface area contributed by atoms with Crippen LogP contribution in [-0.4, -0.2) is 53.6 Å². The molecule has 0 atom stereocenters. The van der Waals surface area contributed by atoms with Crippen LogP contribution in [0.4, 0.5) is 0 Å². The zero-order chi connectivity index (χ0) is 53.4. The lowest BCUT2D eigenvalue weighted by Gasteiger charge is -2.15. The molecule has 6 aromatic heterocycles. The van der Waals surface area contributed by atoms with Gasteiger partial charge in [0.2, 0.25) is 5.95 Å². The fourth-order valence-corrected chi connectivity index (χ4v) is 11.6. The summed E-state index contributed by atoms with van der Waals surface area (Å²) in [6.45, 7) is 0. The zero-order valence-corrected chi connectivity index (χ0v) is 43.2. The van der Waals surface area contributed by atoms with Crippen LogP contribution in [0.25, 0.3) is 151 Å². The van der Waals surface area contributed by atoms with Gasteiger partial charge in [0.1, 0.15) is 0 Å². The van der Waals surface area contributed by atoms with E-state index in [0.717, 1.165) is 99.4 Å². The number of nitrogens with zero attached hydrogens (tertiary/aromatic N) is 11. The van der Waals surface area contributed by atoms with Gasteiger partial charge in [-0.3, -0.25) is 4.57 Å². The summed E-state index contributed by atoms with van der Waals surface area (Å²) in [5, 5.41) is 6.75. The minimum Gasteiger partial charge on any atom is -0.309 e. The van der Waals surface area contributed by atoms with Crippen LogP contribution in [0.15, 0.2) is 261 Å². The summed E-state index contributed by atoms with van der Waals surface area (Å²) in [4.78, 5) is 41.5. The molecule has 0 spiro atoms. The maximum Gasteiger partial charge on any atom is 0.234 e. The van der Waals surface area contributed by atoms with Crippen LogP contribution >= 0.6 is 0 Å². The monoisotopic (exact) mass is 1040 g/mol. The van der Waals surface area contributed by atoms with Gasteiger partial charge in [0.15, 0.2) is 34.9 Å². The molecule has 378 valence electrons. The van der Waals surface area contributed by atoms with E-state index < -0.39 is 0 Å². The summed E-state index contributed by atoms with van der Waals surface area (Å²) in [6, 6.07) is 85.3. The molecule has 0 bridgehead atoms. The average Bonchev–Trinajstić information content (AvgIpc) is 4.41. The second-order valence-corrected chi connectivity index (χ2v) is 20.0. The van der Waals surface area contributed by atoms with E-state index in [1.165, 1.54) is 10.8 Å². The number of fused-ring (bicyclic) bond motifs is 10. The Morgan fingerprint density at radius 2 is 0.519 bits per heavy atom. The summed E-state index contributed by atoms with van der Waals surface area (Å²) in [5.74, 6) is 3.82. The van der Waals surface area contributed by atoms with Gasteiger partial charge in [-0.15, -0.1) is 0 Å². The van der Waals surface area contributed by atoms with Crippen LogP contribution in [0.3, 0.4) is 0 Å². The van der Waals surface area contributed by atoms with E-state index in [9.17, 15) is 0 Å². The van der Waals surface area contributed by atoms with Crippen LogP contribution in [0, 0.1) is 0 Å². The van der Waals surface area contributed by atoms with Crippen molar-refractivity contribution < 1.29 is 0 Å². The van der Waals surface area contributed by atoms with Crippen molar-refractivity contribution in [1.29, 1.82) is 0 Å². The number of hydrogen-bond donors (Lipinski definition) is 0. The lowest BCUT2D eigenvalue weighted by atomic mass is 10.1. The number of benzene rings is 10. The lowest BCUT2D eigenvalue weighted by Crippen LogP contribution is -2.04. The predicted octanol–water partition coefficient (Wildman–Crippen LogP) is 16.1. The normalized spacial score (nSPS) is 11.7. The molecule has 0 amide bonds. The van der Waals surface area contributed by atoms with E-state index >= 15 is 0 Å².